The Labute approximate surface area is 230 Å². The van der Waals surface area contributed by atoms with Crippen LogP contribution in [0.15, 0.2) is 71.7 Å². The number of aliphatic imine (C=N–C) groups is 1. The predicted molar refractivity (Wildman–Crippen MR) is 156 cm³/mol. The number of hydrogen-bond donors (Lipinski definition) is 1. The minimum absolute atomic E-state index is 0.111. The topological polar surface area (TPSA) is 91.3 Å². The Morgan fingerprint density at radius 2 is 1.69 bits per heavy atom. The third-order valence-electron chi connectivity index (χ3n) is 7.35. The van der Waals surface area contributed by atoms with Crippen molar-refractivity contribution in [3.8, 4) is 0 Å². The fraction of sp³-hybridized carbons (Fsp3) is 0.333. The van der Waals surface area contributed by atoms with Crippen molar-refractivity contribution in [2.75, 3.05) is 55.3 Å². The number of nitrogens with zero attached hydrogens (tertiary/aromatic N) is 3. The maximum atomic E-state index is 13.2. The maximum absolute atomic E-state index is 13.2. The van der Waals surface area contributed by atoms with Crippen LogP contribution in [0, 0.1) is 13.8 Å². The first kappa shape index (κ1) is 27.1. The highest BCUT2D eigenvalue weighted by Gasteiger charge is 2.35. The summed E-state index contributed by atoms with van der Waals surface area (Å²) in [7, 11) is -3.47. The van der Waals surface area contributed by atoms with E-state index in [0.717, 1.165) is 41.0 Å². The summed E-state index contributed by atoms with van der Waals surface area (Å²) in [6.45, 7) is 7.98. The largest absolute Gasteiger partial charge is 0.379 e. The number of hydrogen-bond acceptors (Lipinski definition) is 6. The van der Waals surface area contributed by atoms with Crippen LogP contribution in [-0.4, -0.2) is 70.6 Å². The second-order valence-corrected chi connectivity index (χ2v) is 12.0. The van der Waals surface area contributed by atoms with Crippen LogP contribution in [0.1, 0.15) is 28.2 Å². The minimum Gasteiger partial charge on any atom is -0.379 e. The monoisotopic (exact) mass is 546 g/mol. The molecule has 1 amide bonds. The molecular weight excluding hydrogens is 512 g/mol. The molecule has 2 aliphatic rings. The number of aryl methyl sites for hydroxylation is 2. The molecule has 8 nitrogen and oxygen atoms in total. The van der Waals surface area contributed by atoms with Gasteiger partial charge in [0, 0.05) is 31.9 Å². The number of fused-ring (bicyclic) bond motifs is 1. The highest BCUT2D eigenvalue weighted by Crippen LogP contribution is 2.38. The van der Waals surface area contributed by atoms with Gasteiger partial charge in [-0.25, -0.2) is 8.42 Å². The summed E-state index contributed by atoms with van der Waals surface area (Å²) in [5.74, 6) is -0.664. The number of ether oxygens (including phenoxy) is 1. The van der Waals surface area contributed by atoms with Crippen LogP contribution in [-0.2, 0) is 19.6 Å². The molecule has 39 heavy (non-hydrogen) atoms. The summed E-state index contributed by atoms with van der Waals surface area (Å²) < 4.78 is 32.1. The molecule has 2 aliphatic heterocycles. The molecule has 1 N–H and O–H groups in total. The fourth-order valence-corrected chi connectivity index (χ4v) is 6.00. The molecular formula is C30H34N4O4S. The molecule has 9 heteroatoms. The molecule has 3 aromatic carbocycles. The van der Waals surface area contributed by atoms with Gasteiger partial charge in [-0.1, -0.05) is 36.4 Å². The number of rotatable bonds is 8. The lowest BCUT2D eigenvalue weighted by molar-refractivity contribution is -0.115. The Hall–Kier alpha value is -3.53. The maximum Gasteiger partial charge on any atom is 0.238 e. The zero-order chi connectivity index (χ0) is 27.6. The van der Waals surface area contributed by atoms with Gasteiger partial charge < -0.3 is 10.1 Å². The molecule has 0 radical (unpaired) electrons. The molecule has 3 aromatic rings. The van der Waals surface area contributed by atoms with Crippen molar-refractivity contribution in [1.29, 1.82) is 0 Å². The van der Waals surface area contributed by atoms with Gasteiger partial charge in [0.25, 0.3) is 0 Å². The highest BCUT2D eigenvalue weighted by molar-refractivity contribution is 7.92. The minimum atomic E-state index is -3.47. The van der Waals surface area contributed by atoms with Gasteiger partial charge in [0.2, 0.25) is 15.9 Å². The van der Waals surface area contributed by atoms with Gasteiger partial charge in [-0.05, 0) is 66.4 Å². The van der Waals surface area contributed by atoms with E-state index >= 15 is 0 Å². The number of carbonyl (C=O) groups is 1. The molecule has 0 aromatic heterocycles. The van der Waals surface area contributed by atoms with E-state index in [1.807, 2.05) is 50.2 Å². The van der Waals surface area contributed by atoms with Crippen LogP contribution >= 0.6 is 0 Å². The van der Waals surface area contributed by atoms with E-state index in [1.165, 1.54) is 10.6 Å². The van der Waals surface area contributed by atoms with Crippen LogP contribution in [0.2, 0.25) is 0 Å². The van der Waals surface area contributed by atoms with Crippen molar-refractivity contribution in [3.63, 3.8) is 0 Å². The molecule has 0 aliphatic carbocycles. The Bertz CT molecular complexity index is 1480. The van der Waals surface area contributed by atoms with E-state index < -0.39 is 15.9 Å². The number of anilines is 2. The van der Waals surface area contributed by atoms with E-state index in [0.29, 0.717) is 43.4 Å². The first-order valence-electron chi connectivity index (χ1n) is 13.1. The Morgan fingerprint density at radius 3 is 2.36 bits per heavy atom. The second-order valence-electron chi connectivity index (χ2n) is 10.1. The molecule has 0 bridgehead atoms. The van der Waals surface area contributed by atoms with Gasteiger partial charge >= 0.3 is 0 Å². The molecule has 1 saturated heterocycles. The van der Waals surface area contributed by atoms with E-state index in [4.69, 9.17) is 9.73 Å². The SMILES string of the molecule is Cc1cc2c(cc1C)C(C(=Nc1ccc(N(CCN3CCOCC3)S(C)(=O)=O)cc1)c1ccccc1)C(=O)N2. The molecule has 0 spiro atoms. The van der Waals surface area contributed by atoms with E-state index in [1.54, 1.807) is 24.3 Å². The normalized spacial score (nSPS) is 18.1. The van der Waals surface area contributed by atoms with Crippen molar-refractivity contribution in [1.82, 2.24) is 4.90 Å². The van der Waals surface area contributed by atoms with Crippen molar-refractivity contribution < 1.29 is 17.9 Å². The fourth-order valence-electron chi connectivity index (χ4n) is 5.08. The Balaban J connectivity index is 1.47. The summed E-state index contributed by atoms with van der Waals surface area (Å²) in [5.41, 5.74) is 6.69. The molecule has 1 atom stereocenters. The second kappa shape index (κ2) is 11.3. The number of amides is 1. The average molecular weight is 547 g/mol. The Morgan fingerprint density at radius 1 is 1.03 bits per heavy atom. The smallest absolute Gasteiger partial charge is 0.238 e. The molecule has 5 rings (SSSR count). The van der Waals surface area contributed by atoms with E-state index in [-0.39, 0.29) is 5.91 Å². The highest BCUT2D eigenvalue weighted by atomic mass is 32.2. The third-order valence-corrected chi connectivity index (χ3v) is 8.54. The lowest BCUT2D eigenvalue weighted by atomic mass is 9.89. The van der Waals surface area contributed by atoms with Crippen molar-refractivity contribution >= 4 is 38.7 Å². The van der Waals surface area contributed by atoms with Crippen LogP contribution in [0.3, 0.4) is 0 Å². The standard InChI is InChI=1S/C30H34N4O4S/c1-21-19-26-27(20-22(21)2)32-30(35)28(26)29(23-7-5-4-6-8-23)31-24-9-11-25(12-10-24)34(39(3,36)37)14-13-33-15-17-38-18-16-33/h4-12,19-20,28H,13-18H2,1-3H3,(H,32,35). The summed E-state index contributed by atoms with van der Waals surface area (Å²) in [6.07, 6.45) is 1.23. The van der Waals surface area contributed by atoms with Crippen LogP contribution < -0.4 is 9.62 Å². The van der Waals surface area contributed by atoms with Gasteiger partial charge in [0.15, 0.2) is 0 Å². The predicted octanol–water partition coefficient (Wildman–Crippen LogP) is 4.26. The Kier molecular flexibility index (Phi) is 7.83. The number of benzene rings is 3. The van der Waals surface area contributed by atoms with Crippen molar-refractivity contribution in [2.45, 2.75) is 19.8 Å². The molecule has 2 heterocycles. The van der Waals surface area contributed by atoms with Gasteiger partial charge in [0.1, 0.15) is 5.92 Å². The van der Waals surface area contributed by atoms with Crippen molar-refractivity contribution in [3.05, 3.63) is 89.0 Å². The molecule has 0 saturated carbocycles. The molecule has 1 unspecified atom stereocenters. The molecule has 204 valence electrons. The van der Waals surface area contributed by atoms with Gasteiger partial charge in [0.05, 0.1) is 36.6 Å². The quantitative estimate of drug-likeness (QED) is 0.427. The lowest BCUT2D eigenvalue weighted by Crippen LogP contribution is -2.42. The van der Waals surface area contributed by atoms with Crippen LogP contribution in [0.5, 0.6) is 0 Å². The van der Waals surface area contributed by atoms with Gasteiger partial charge in [-0.3, -0.25) is 19.0 Å². The van der Waals surface area contributed by atoms with E-state index in [9.17, 15) is 13.2 Å². The zero-order valence-corrected chi connectivity index (χ0v) is 23.4. The number of nitrogens with one attached hydrogen (secondary N) is 1. The van der Waals surface area contributed by atoms with Crippen LogP contribution in [0.25, 0.3) is 0 Å². The van der Waals surface area contributed by atoms with Crippen LogP contribution in [0.4, 0.5) is 17.1 Å². The summed E-state index contributed by atoms with van der Waals surface area (Å²) >= 11 is 0. The van der Waals surface area contributed by atoms with Gasteiger partial charge in [-0.15, -0.1) is 0 Å². The summed E-state index contributed by atoms with van der Waals surface area (Å²) in [5, 5.41) is 3.03. The first-order chi connectivity index (χ1) is 18.7. The molecule has 1 fully saturated rings. The number of carbonyl (C=O) groups excluding carboxylic acids is 1. The van der Waals surface area contributed by atoms with Gasteiger partial charge in [-0.2, -0.15) is 0 Å². The number of morpholine rings is 1. The van der Waals surface area contributed by atoms with Crippen molar-refractivity contribution in [2.24, 2.45) is 4.99 Å². The first-order valence-corrected chi connectivity index (χ1v) is 15.0. The lowest BCUT2D eigenvalue weighted by Gasteiger charge is -2.30. The number of sulfonamides is 1. The zero-order valence-electron chi connectivity index (χ0n) is 22.6. The summed E-state index contributed by atoms with van der Waals surface area (Å²) in [4.78, 5) is 20.4. The van der Waals surface area contributed by atoms with E-state index in [2.05, 4.69) is 16.3 Å². The summed E-state index contributed by atoms with van der Waals surface area (Å²) in [6, 6.07) is 20.9. The average Bonchev–Trinajstić information content (AvgIpc) is 3.23. The third kappa shape index (κ3) is 6.06.